The average Bonchev–Trinajstić information content (AvgIpc) is 2.61. The summed E-state index contributed by atoms with van der Waals surface area (Å²) in [7, 11) is 0. The number of halogens is 1. The second kappa shape index (κ2) is 9.84. The zero-order valence-corrected chi connectivity index (χ0v) is 14.9. The summed E-state index contributed by atoms with van der Waals surface area (Å²) >= 11 is 1.54. The minimum absolute atomic E-state index is 0.0647. The number of aryl methyl sites for hydroxylation is 1. The van der Waals surface area contributed by atoms with Crippen LogP contribution >= 0.6 is 11.8 Å². The van der Waals surface area contributed by atoms with Gasteiger partial charge < -0.3 is 10.6 Å². The number of hydrogen-bond donors (Lipinski definition) is 2. The minimum atomic E-state index is -0.271. The predicted molar refractivity (Wildman–Crippen MR) is 99.1 cm³/mol. The Bertz CT molecular complexity index is 737. The monoisotopic (exact) mass is 360 g/mol. The van der Waals surface area contributed by atoms with E-state index >= 15 is 0 Å². The summed E-state index contributed by atoms with van der Waals surface area (Å²) in [4.78, 5) is 23.7. The van der Waals surface area contributed by atoms with Crippen molar-refractivity contribution in [1.82, 2.24) is 10.6 Å². The quantitative estimate of drug-likeness (QED) is 0.712. The van der Waals surface area contributed by atoms with Gasteiger partial charge in [0.2, 0.25) is 5.91 Å². The highest BCUT2D eigenvalue weighted by Gasteiger charge is 2.08. The molecule has 2 N–H and O–H groups in total. The maximum absolute atomic E-state index is 13.4. The molecule has 132 valence electrons. The van der Waals surface area contributed by atoms with E-state index in [0.717, 1.165) is 5.56 Å². The first kappa shape index (κ1) is 19.0. The van der Waals surface area contributed by atoms with E-state index in [1.54, 1.807) is 48.2 Å². The number of thioether (sulfide) groups is 1. The van der Waals surface area contributed by atoms with Gasteiger partial charge in [-0.15, -0.1) is 0 Å². The Morgan fingerprint density at radius 3 is 2.64 bits per heavy atom. The van der Waals surface area contributed by atoms with Crippen LogP contribution in [0.1, 0.15) is 21.5 Å². The third kappa shape index (κ3) is 6.58. The molecule has 0 bridgehead atoms. The van der Waals surface area contributed by atoms with Crippen molar-refractivity contribution in [3.63, 3.8) is 0 Å². The van der Waals surface area contributed by atoms with Crippen LogP contribution < -0.4 is 10.6 Å². The van der Waals surface area contributed by atoms with Crippen LogP contribution in [-0.2, 0) is 10.5 Å². The van der Waals surface area contributed by atoms with Crippen molar-refractivity contribution >= 4 is 23.6 Å². The van der Waals surface area contributed by atoms with Crippen LogP contribution in [0.15, 0.2) is 48.5 Å². The van der Waals surface area contributed by atoms with Gasteiger partial charge in [0, 0.05) is 23.6 Å². The number of amides is 2. The van der Waals surface area contributed by atoms with E-state index in [0.29, 0.717) is 29.2 Å². The first-order valence-corrected chi connectivity index (χ1v) is 9.14. The Labute approximate surface area is 151 Å². The molecule has 0 spiro atoms. The fraction of sp³-hybridized carbons (Fsp3) is 0.263. The van der Waals surface area contributed by atoms with Gasteiger partial charge in [0.25, 0.3) is 5.91 Å². The van der Waals surface area contributed by atoms with E-state index in [9.17, 15) is 14.0 Å². The normalized spacial score (nSPS) is 10.3. The Kier molecular flexibility index (Phi) is 7.47. The van der Waals surface area contributed by atoms with Crippen molar-refractivity contribution in [3.05, 3.63) is 71.0 Å². The van der Waals surface area contributed by atoms with Crippen LogP contribution in [0, 0.1) is 12.7 Å². The summed E-state index contributed by atoms with van der Waals surface area (Å²) < 4.78 is 13.4. The minimum Gasteiger partial charge on any atom is -0.354 e. The zero-order valence-electron chi connectivity index (χ0n) is 14.0. The molecular formula is C19H21FN2O2S. The Morgan fingerprint density at radius 2 is 1.88 bits per heavy atom. The molecule has 0 aromatic heterocycles. The van der Waals surface area contributed by atoms with Crippen molar-refractivity contribution in [2.75, 3.05) is 18.8 Å². The number of hydrogen-bond acceptors (Lipinski definition) is 3. The molecule has 0 heterocycles. The standard InChI is InChI=1S/C19H21FN2O2S/c1-14-5-4-7-15(11-14)19(24)22-12-18(23)21-9-10-25-13-16-6-2-3-8-17(16)20/h2-8,11H,9-10,12-13H2,1H3,(H,21,23)(H,22,24). The molecule has 0 atom stereocenters. The topological polar surface area (TPSA) is 58.2 Å². The highest BCUT2D eigenvalue weighted by Crippen LogP contribution is 2.14. The molecule has 25 heavy (non-hydrogen) atoms. The molecular weight excluding hydrogens is 339 g/mol. The lowest BCUT2D eigenvalue weighted by atomic mass is 10.1. The Morgan fingerprint density at radius 1 is 1.08 bits per heavy atom. The van der Waals surface area contributed by atoms with E-state index in [4.69, 9.17) is 0 Å². The van der Waals surface area contributed by atoms with Gasteiger partial charge in [-0.1, -0.05) is 35.9 Å². The van der Waals surface area contributed by atoms with E-state index in [-0.39, 0.29) is 24.2 Å². The van der Waals surface area contributed by atoms with Crippen molar-refractivity contribution in [1.29, 1.82) is 0 Å². The lowest BCUT2D eigenvalue weighted by molar-refractivity contribution is -0.120. The molecule has 4 nitrogen and oxygen atoms in total. The molecule has 2 amide bonds. The molecule has 0 fully saturated rings. The van der Waals surface area contributed by atoms with Crippen molar-refractivity contribution < 1.29 is 14.0 Å². The van der Waals surface area contributed by atoms with Crippen molar-refractivity contribution in [3.8, 4) is 0 Å². The zero-order chi connectivity index (χ0) is 18.1. The predicted octanol–water partition coefficient (Wildman–Crippen LogP) is 2.91. The number of carbonyl (C=O) groups is 2. The van der Waals surface area contributed by atoms with Crippen LogP contribution in [0.4, 0.5) is 4.39 Å². The summed E-state index contributed by atoms with van der Waals surface area (Å²) in [6, 6.07) is 13.8. The van der Waals surface area contributed by atoms with Gasteiger partial charge in [-0.2, -0.15) is 11.8 Å². The molecule has 0 radical (unpaired) electrons. The molecule has 0 saturated carbocycles. The second-order valence-corrected chi connectivity index (χ2v) is 6.65. The lowest BCUT2D eigenvalue weighted by Gasteiger charge is -2.08. The van der Waals surface area contributed by atoms with Gasteiger partial charge >= 0.3 is 0 Å². The van der Waals surface area contributed by atoms with E-state index in [1.807, 2.05) is 13.0 Å². The van der Waals surface area contributed by atoms with Crippen molar-refractivity contribution in [2.24, 2.45) is 0 Å². The molecule has 6 heteroatoms. The molecule has 2 rings (SSSR count). The maximum atomic E-state index is 13.4. The number of nitrogens with one attached hydrogen (secondary N) is 2. The van der Waals surface area contributed by atoms with E-state index < -0.39 is 0 Å². The molecule has 2 aromatic carbocycles. The first-order chi connectivity index (χ1) is 12.1. The summed E-state index contributed by atoms with van der Waals surface area (Å²) in [6.07, 6.45) is 0. The third-order valence-electron chi connectivity index (χ3n) is 3.47. The molecule has 0 aliphatic rings. The van der Waals surface area contributed by atoms with Gasteiger partial charge in [0.1, 0.15) is 5.82 Å². The van der Waals surface area contributed by atoms with Gasteiger partial charge in [-0.25, -0.2) is 4.39 Å². The van der Waals surface area contributed by atoms with Gasteiger partial charge in [0.15, 0.2) is 0 Å². The SMILES string of the molecule is Cc1cccc(C(=O)NCC(=O)NCCSCc2ccccc2F)c1. The van der Waals surface area contributed by atoms with Crippen LogP contribution in [0.5, 0.6) is 0 Å². The Hall–Kier alpha value is -2.34. The van der Waals surface area contributed by atoms with Gasteiger partial charge in [-0.05, 0) is 30.7 Å². The average molecular weight is 360 g/mol. The number of carbonyl (C=O) groups excluding carboxylic acids is 2. The van der Waals surface area contributed by atoms with Crippen LogP contribution in [0.3, 0.4) is 0 Å². The van der Waals surface area contributed by atoms with E-state index in [1.165, 1.54) is 6.07 Å². The van der Waals surface area contributed by atoms with E-state index in [2.05, 4.69) is 10.6 Å². The maximum Gasteiger partial charge on any atom is 0.251 e. The fourth-order valence-electron chi connectivity index (χ4n) is 2.17. The summed E-state index contributed by atoms with van der Waals surface area (Å²) in [5.41, 5.74) is 2.18. The number of benzene rings is 2. The van der Waals surface area contributed by atoms with Crippen LogP contribution in [0.25, 0.3) is 0 Å². The molecule has 2 aromatic rings. The number of rotatable bonds is 8. The lowest BCUT2D eigenvalue weighted by Crippen LogP contribution is -2.37. The highest BCUT2D eigenvalue weighted by atomic mass is 32.2. The molecule has 0 unspecified atom stereocenters. The van der Waals surface area contributed by atoms with Crippen LogP contribution in [-0.4, -0.2) is 30.7 Å². The largest absolute Gasteiger partial charge is 0.354 e. The van der Waals surface area contributed by atoms with Gasteiger partial charge in [0.05, 0.1) is 6.54 Å². The smallest absolute Gasteiger partial charge is 0.251 e. The summed E-state index contributed by atoms with van der Waals surface area (Å²) in [6.45, 7) is 2.31. The second-order valence-electron chi connectivity index (χ2n) is 5.55. The molecule has 0 aliphatic heterocycles. The Balaban J connectivity index is 1.61. The fourth-order valence-corrected chi connectivity index (χ4v) is 3.02. The molecule has 0 saturated heterocycles. The molecule has 0 aliphatic carbocycles. The third-order valence-corrected chi connectivity index (χ3v) is 4.48. The first-order valence-electron chi connectivity index (χ1n) is 7.99. The highest BCUT2D eigenvalue weighted by molar-refractivity contribution is 7.98. The summed E-state index contributed by atoms with van der Waals surface area (Å²) in [5.74, 6) is 0.511. The summed E-state index contributed by atoms with van der Waals surface area (Å²) in [5, 5.41) is 5.33. The van der Waals surface area contributed by atoms with Crippen LogP contribution in [0.2, 0.25) is 0 Å². The van der Waals surface area contributed by atoms with Gasteiger partial charge in [-0.3, -0.25) is 9.59 Å². The van der Waals surface area contributed by atoms with Crippen molar-refractivity contribution in [2.45, 2.75) is 12.7 Å².